The number of rotatable bonds is 6. The molecule has 0 radical (unpaired) electrons. The Balaban J connectivity index is 1.75. The van der Waals surface area contributed by atoms with Crippen LogP contribution in [0.25, 0.3) is 0 Å². The van der Waals surface area contributed by atoms with Gasteiger partial charge in [-0.05, 0) is 36.0 Å². The van der Waals surface area contributed by atoms with Gasteiger partial charge in [0, 0.05) is 12.5 Å². The van der Waals surface area contributed by atoms with Crippen molar-refractivity contribution < 1.29 is 29.0 Å². The lowest BCUT2D eigenvalue weighted by Crippen LogP contribution is -2.33. The van der Waals surface area contributed by atoms with Gasteiger partial charge < -0.3 is 19.9 Å². The van der Waals surface area contributed by atoms with Gasteiger partial charge in [-0.1, -0.05) is 12.1 Å². The fraction of sp³-hybridized carbons (Fsp3) is 0.211. The van der Waals surface area contributed by atoms with Gasteiger partial charge in [0.05, 0.1) is 25.6 Å². The largest absolute Gasteiger partial charge is 0.506 e. The summed E-state index contributed by atoms with van der Waals surface area (Å²) in [6.45, 7) is 0. The molecular weight excluding hydrogens is 384 g/mol. The Morgan fingerprint density at radius 2 is 1.93 bits per heavy atom. The molecule has 0 bridgehead atoms. The van der Waals surface area contributed by atoms with E-state index in [4.69, 9.17) is 9.47 Å². The number of amides is 3. The zero-order chi connectivity index (χ0) is 20.3. The molecule has 0 saturated carbocycles. The van der Waals surface area contributed by atoms with Crippen LogP contribution >= 0.6 is 11.8 Å². The first-order valence-electron chi connectivity index (χ1n) is 8.29. The van der Waals surface area contributed by atoms with Gasteiger partial charge in [-0.25, -0.2) is 4.90 Å². The number of phenolic OH excluding ortho intramolecular Hbond substituents is 1. The summed E-state index contributed by atoms with van der Waals surface area (Å²) in [5.74, 6) is -0.247. The summed E-state index contributed by atoms with van der Waals surface area (Å²) in [4.78, 5) is 38.4. The molecule has 9 heteroatoms. The lowest BCUT2D eigenvalue weighted by Gasteiger charge is -2.18. The van der Waals surface area contributed by atoms with E-state index in [1.54, 1.807) is 30.3 Å². The number of methoxy groups -OCH3 is 2. The van der Waals surface area contributed by atoms with Crippen LogP contribution in [0.15, 0.2) is 42.5 Å². The lowest BCUT2D eigenvalue weighted by molar-refractivity contribution is -0.121. The van der Waals surface area contributed by atoms with E-state index < -0.39 is 22.3 Å². The number of anilines is 2. The first-order chi connectivity index (χ1) is 13.4. The number of benzene rings is 2. The Hall–Kier alpha value is -3.20. The van der Waals surface area contributed by atoms with Crippen LogP contribution < -0.4 is 19.7 Å². The third-order valence-electron chi connectivity index (χ3n) is 4.10. The number of ether oxygens (including phenoxy) is 2. The lowest BCUT2D eigenvalue weighted by atomic mass is 10.2. The summed E-state index contributed by atoms with van der Waals surface area (Å²) in [7, 11) is 2.92. The molecule has 1 fully saturated rings. The maximum absolute atomic E-state index is 12.8. The number of nitrogens with zero attached hydrogens (tertiary/aromatic N) is 1. The highest BCUT2D eigenvalue weighted by Crippen LogP contribution is 2.39. The van der Waals surface area contributed by atoms with Crippen LogP contribution in [-0.4, -0.2) is 41.6 Å². The van der Waals surface area contributed by atoms with Gasteiger partial charge in [0.25, 0.3) is 5.24 Å². The fourth-order valence-electron chi connectivity index (χ4n) is 2.72. The number of carbonyl (C=O) groups excluding carboxylic acids is 3. The zero-order valence-electron chi connectivity index (χ0n) is 15.2. The number of para-hydroxylation sites is 2. The van der Waals surface area contributed by atoms with Crippen molar-refractivity contribution in [2.24, 2.45) is 0 Å². The van der Waals surface area contributed by atoms with Gasteiger partial charge in [0.2, 0.25) is 11.8 Å². The van der Waals surface area contributed by atoms with E-state index in [0.717, 1.165) is 16.7 Å². The normalized spacial score (nSPS) is 16.2. The number of hydrogen-bond acceptors (Lipinski definition) is 7. The minimum atomic E-state index is -0.870. The molecule has 146 valence electrons. The number of nitrogens with one attached hydrogen (secondary N) is 1. The van der Waals surface area contributed by atoms with Crippen molar-refractivity contribution in [3.63, 3.8) is 0 Å². The van der Waals surface area contributed by atoms with Crippen molar-refractivity contribution in [3.05, 3.63) is 42.5 Å². The van der Waals surface area contributed by atoms with Gasteiger partial charge in [-0.15, -0.1) is 0 Å². The molecule has 3 amide bonds. The number of carbonyl (C=O) groups is 3. The number of imide groups is 1. The quantitative estimate of drug-likeness (QED) is 0.716. The average molecular weight is 402 g/mol. The van der Waals surface area contributed by atoms with E-state index >= 15 is 0 Å². The highest BCUT2D eigenvalue weighted by atomic mass is 32.2. The van der Waals surface area contributed by atoms with Crippen LogP contribution in [0.4, 0.5) is 16.2 Å². The Morgan fingerprint density at radius 3 is 2.61 bits per heavy atom. The van der Waals surface area contributed by atoms with Crippen molar-refractivity contribution in [1.29, 1.82) is 0 Å². The first-order valence-corrected chi connectivity index (χ1v) is 9.17. The van der Waals surface area contributed by atoms with Crippen molar-refractivity contribution in [2.75, 3.05) is 24.4 Å². The minimum Gasteiger partial charge on any atom is -0.506 e. The van der Waals surface area contributed by atoms with Crippen molar-refractivity contribution >= 4 is 40.2 Å². The Bertz CT molecular complexity index is 932. The third-order valence-corrected chi connectivity index (χ3v) is 5.14. The summed E-state index contributed by atoms with van der Waals surface area (Å²) in [5.41, 5.74) is 0.525. The topological polar surface area (TPSA) is 105 Å². The molecule has 0 spiro atoms. The highest BCUT2D eigenvalue weighted by Gasteiger charge is 2.42. The Morgan fingerprint density at radius 1 is 1.18 bits per heavy atom. The second-order valence-electron chi connectivity index (χ2n) is 5.85. The molecule has 0 aromatic heterocycles. The second kappa shape index (κ2) is 8.22. The minimum absolute atomic E-state index is 0.0816. The molecule has 1 heterocycles. The molecule has 1 saturated heterocycles. The summed E-state index contributed by atoms with van der Waals surface area (Å²) in [6.07, 6.45) is -0.210. The number of thioether (sulfide) groups is 1. The van der Waals surface area contributed by atoms with Crippen LogP contribution in [0.1, 0.15) is 6.42 Å². The number of aromatic hydroxyl groups is 1. The van der Waals surface area contributed by atoms with Gasteiger partial charge >= 0.3 is 0 Å². The van der Waals surface area contributed by atoms with Gasteiger partial charge in [-0.3, -0.25) is 14.4 Å². The summed E-state index contributed by atoms with van der Waals surface area (Å²) in [5, 5.41) is 10.9. The number of phenols is 1. The molecule has 1 aliphatic rings. The van der Waals surface area contributed by atoms with E-state index in [2.05, 4.69) is 5.32 Å². The highest BCUT2D eigenvalue weighted by molar-refractivity contribution is 8.15. The zero-order valence-corrected chi connectivity index (χ0v) is 16.0. The van der Waals surface area contributed by atoms with Crippen LogP contribution in [0.5, 0.6) is 17.2 Å². The molecule has 1 aliphatic heterocycles. The molecule has 8 nitrogen and oxygen atoms in total. The van der Waals surface area contributed by atoms with E-state index in [1.165, 1.54) is 26.4 Å². The molecule has 28 heavy (non-hydrogen) atoms. The third kappa shape index (κ3) is 3.89. The molecule has 1 unspecified atom stereocenters. The molecular formula is C19H18N2O6S. The van der Waals surface area contributed by atoms with E-state index in [9.17, 15) is 19.5 Å². The SMILES string of the molecule is COc1ccc(N2C(=O)SC(CC(=O)Nc3ccccc3O)C2=O)c(OC)c1. The van der Waals surface area contributed by atoms with E-state index in [0.29, 0.717) is 11.5 Å². The maximum Gasteiger partial charge on any atom is 0.293 e. The Kier molecular flexibility index (Phi) is 5.74. The second-order valence-corrected chi connectivity index (χ2v) is 7.01. The van der Waals surface area contributed by atoms with Gasteiger partial charge in [-0.2, -0.15) is 0 Å². The van der Waals surface area contributed by atoms with E-state index in [1.807, 2.05) is 0 Å². The summed E-state index contributed by atoms with van der Waals surface area (Å²) in [6, 6.07) is 11.0. The Labute approximate surface area is 165 Å². The fourth-order valence-corrected chi connectivity index (χ4v) is 3.70. The first kappa shape index (κ1) is 19.6. The van der Waals surface area contributed by atoms with Crippen LogP contribution in [0, 0.1) is 0 Å². The van der Waals surface area contributed by atoms with Crippen LogP contribution in [0.2, 0.25) is 0 Å². The van der Waals surface area contributed by atoms with Crippen molar-refractivity contribution in [3.8, 4) is 17.2 Å². The molecule has 2 aromatic carbocycles. The van der Waals surface area contributed by atoms with E-state index in [-0.39, 0.29) is 23.5 Å². The van der Waals surface area contributed by atoms with Crippen molar-refractivity contribution in [1.82, 2.24) is 0 Å². The smallest absolute Gasteiger partial charge is 0.293 e. The standard InChI is InChI=1S/C19H18N2O6S/c1-26-11-7-8-13(15(9-11)27-2)21-18(24)16(28-19(21)25)10-17(23)20-12-5-3-4-6-14(12)22/h3-9,16,22H,10H2,1-2H3,(H,20,23). The molecule has 3 rings (SSSR count). The van der Waals surface area contributed by atoms with Crippen molar-refractivity contribution in [2.45, 2.75) is 11.7 Å². The molecule has 1 atom stereocenters. The molecule has 2 N–H and O–H groups in total. The monoisotopic (exact) mass is 402 g/mol. The van der Waals surface area contributed by atoms with Crippen LogP contribution in [0.3, 0.4) is 0 Å². The summed E-state index contributed by atoms with van der Waals surface area (Å²) < 4.78 is 10.4. The predicted molar refractivity (Wildman–Crippen MR) is 105 cm³/mol. The number of hydrogen-bond donors (Lipinski definition) is 2. The molecule has 2 aromatic rings. The maximum atomic E-state index is 12.8. The molecule has 0 aliphatic carbocycles. The van der Waals surface area contributed by atoms with Gasteiger partial charge in [0.1, 0.15) is 22.5 Å². The van der Waals surface area contributed by atoms with Gasteiger partial charge in [0.15, 0.2) is 0 Å². The average Bonchev–Trinajstić information content (AvgIpc) is 2.96. The predicted octanol–water partition coefficient (Wildman–Crippen LogP) is 3.01. The van der Waals surface area contributed by atoms with Crippen LogP contribution in [-0.2, 0) is 9.59 Å². The summed E-state index contributed by atoms with van der Waals surface area (Å²) >= 11 is 0.776.